The first kappa shape index (κ1) is 10.2. The minimum absolute atomic E-state index is 0.727. The van der Waals surface area contributed by atoms with Gasteiger partial charge in [-0.2, -0.15) is 0 Å². The molecule has 12 heavy (non-hydrogen) atoms. The first-order valence-electron chi connectivity index (χ1n) is 5.24. The molecule has 1 nitrogen and oxygen atoms in total. The van der Waals surface area contributed by atoms with Crippen molar-refractivity contribution in [3.8, 4) is 0 Å². The van der Waals surface area contributed by atoms with Crippen LogP contribution in [0.1, 0.15) is 41.5 Å². The van der Waals surface area contributed by atoms with Gasteiger partial charge in [0.15, 0.2) is 13.5 Å². The highest BCUT2D eigenvalue weighted by Crippen LogP contribution is 2.38. The van der Waals surface area contributed by atoms with Crippen molar-refractivity contribution in [3.63, 3.8) is 0 Å². The highest BCUT2D eigenvalue weighted by Gasteiger charge is 2.57. The molecule has 0 N–H and O–H groups in total. The molecular formula is C9H21B2N. The summed E-state index contributed by atoms with van der Waals surface area (Å²) in [5.74, 6) is 1.64. The molecule has 1 rings (SSSR count). The molecule has 0 bridgehead atoms. The summed E-state index contributed by atoms with van der Waals surface area (Å²) in [5, 5.41) is 0. The van der Waals surface area contributed by atoms with Gasteiger partial charge in [-0.05, 0) is 6.04 Å². The molecule has 0 radical (unpaired) electrons. The van der Waals surface area contributed by atoms with E-state index in [1.807, 2.05) is 0 Å². The van der Waals surface area contributed by atoms with Crippen LogP contribution in [0.15, 0.2) is 0 Å². The number of hydrogen-bond donors (Lipinski definition) is 0. The van der Waals surface area contributed by atoms with Crippen molar-refractivity contribution in [2.75, 3.05) is 0 Å². The van der Waals surface area contributed by atoms with E-state index in [4.69, 9.17) is 0 Å². The van der Waals surface area contributed by atoms with Crippen molar-refractivity contribution >= 4 is 13.5 Å². The van der Waals surface area contributed by atoms with Crippen LogP contribution >= 0.6 is 0 Å². The second-order valence-electron chi connectivity index (χ2n) is 5.01. The molecule has 1 aliphatic heterocycles. The first-order chi connectivity index (χ1) is 5.46. The second-order valence-corrected chi connectivity index (χ2v) is 5.01. The third-order valence-electron chi connectivity index (χ3n) is 2.91. The average Bonchev–Trinajstić information content (AvgIpc) is 2.58. The first-order valence-corrected chi connectivity index (χ1v) is 5.24. The summed E-state index contributed by atoms with van der Waals surface area (Å²) in [6.45, 7) is 15.7. The molecule has 0 aliphatic carbocycles. The number of hydrogen-bond acceptors (Lipinski definition) is 1. The monoisotopic (exact) mass is 165 g/mol. The van der Waals surface area contributed by atoms with Gasteiger partial charge in [-0.3, -0.25) is 0 Å². The third-order valence-corrected chi connectivity index (χ3v) is 2.91. The molecule has 0 amide bonds. The van der Waals surface area contributed by atoms with Gasteiger partial charge in [-0.25, -0.2) is 0 Å². The Morgan fingerprint density at radius 3 is 1.17 bits per heavy atom. The fourth-order valence-electron chi connectivity index (χ4n) is 2.45. The fourth-order valence-corrected chi connectivity index (χ4v) is 2.45. The van der Waals surface area contributed by atoms with Crippen LogP contribution in [-0.2, 0) is 0 Å². The van der Waals surface area contributed by atoms with Gasteiger partial charge >= 0.3 is 0 Å². The van der Waals surface area contributed by atoms with Crippen molar-refractivity contribution in [2.24, 2.45) is 0 Å². The molecule has 0 unspecified atom stereocenters. The number of rotatable bonds is 3. The predicted octanol–water partition coefficient (Wildman–Crippen LogP) is 2.59. The van der Waals surface area contributed by atoms with E-state index in [0.29, 0.717) is 0 Å². The quantitative estimate of drug-likeness (QED) is 0.458. The van der Waals surface area contributed by atoms with Crippen LogP contribution in [0.25, 0.3) is 0 Å². The Morgan fingerprint density at radius 2 is 1.08 bits per heavy atom. The topological polar surface area (TPSA) is 3.01 Å². The minimum atomic E-state index is 0.727. The lowest BCUT2D eigenvalue weighted by molar-refractivity contribution is 0.572. The Balaban J connectivity index is 2.55. The van der Waals surface area contributed by atoms with Gasteiger partial charge in [0.25, 0.3) is 0 Å². The van der Waals surface area contributed by atoms with Gasteiger partial charge in [0, 0.05) is 0 Å². The standard InChI is InChI=1S/C9H21B2N/c1-7(2)10-11(8(3)4)12(10)9(5)6/h7-9H,1-6H3. The largest absolute Gasteiger partial charge is 0.391 e. The van der Waals surface area contributed by atoms with Crippen molar-refractivity contribution in [1.82, 2.24) is 4.72 Å². The van der Waals surface area contributed by atoms with Gasteiger partial charge in [0.1, 0.15) is 0 Å². The molecule has 68 valence electrons. The van der Waals surface area contributed by atoms with E-state index in [2.05, 4.69) is 46.3 Å². The summed E-state index contributed by atoms with van der Waals surface area (Å²) in [6, 6.07) is 0.727. The maximum Gasteiger partial charge on any atom is 0.198 e. The van der Waals surface area contributed by atoms with Gasteiger partial charge in [-0.15, -0.1) is 0 Å². The van der Waals surface area contributed by atoms with E-state index >= 15 is 0 Å². The summed E-state index contributed by atoms with van der Waals surface area (Å²) in [6.07, 6.45) is 0. The molecule has 0 saturated carbocycles. The predicted molar refractivity (Wildman–Crippen MR) is 58.7 cm³/mol. The molecule has 1 heterocycles. The lowest BCUT2D eigenvalue weighted by atomic mass is 9.30. The van der Waals surface area contributed by atoms with E-state index < -0.39 is 0 Å². The van der Waals surface area contributed by atoms with Crippen LogP contribution < -0.4 is 0 Å². The average molecular weight is 165 g/mol. The van der Waals surface area contributed by atoms with E-state index in [0.717, 1.165) is 31.2 Å². The Bertz CT molecular complexity index is 122. The van der Waals surface area contributed by atoms with Gasteiger partial charge in [-0.1, -0.05) is 53.2 Å². The molecular weight excluding hydrogens is 144 g/mol. The highest BCUT2D eigenvalue weighted by molar-refractivity contribution is 7.37. The van der Waals surface area contributed by atoms with Crippen LogP contribution in [0, 0.1) is 0 Å². The van der Waals surface area contributed by atoms with Crippen molar-refractivity contribution in [3.05, 3.63) is 0 Å². The van der Waals surface area contributed by atoms with E-state index in [-0.39, 0.29) is 0 Å². The van der Waals surface area contributed by atoms with Crippen molar-refractivity contribution in [2.45, 2.75) is 59.2 Å². The zero-order valence-corrected chi connectivity index (χ0v) is 9.33. The molecule has 1 aliphatic rings. The number of nitrogens with zero attached hydrogens (tertiary/aromatic N) is 1. The Morgan fingerprint density at radius 1 is 0.750 bits per heavy atom. The second kappa shape index (κ2) is 3.45. The zero-order valence-electron chi connectivity index (χ0n) is 9.33. The summed E-state index contributed by atoms with van der Waals surface area (Å²) >= 11 is 0. The molecule has 0 aromatic carbocycles. The Labute approximate surface area is 78.1 Å². The van der Waals surface area contributed by atoms with Gasteiger partial charge < -0.3 is 4.72 Å². The maximum absolute atomic E-state index is 2.65. The summed E-state index contributed by atoms with van der Waals surface area (Å²) in [7, 11) is 0. The van der Waals surface area contributed by atoms with Crippen molar-refractivity contribution in [1.29, 1.82) is 0 Å². The van der Waals surface area contributed by atoms with Crippen molar-refractivity contribution < 1.29 is 0 Å². The highest BCUT2D eigenvalue weighted by atomic mass is 15.1. The molecule has 0 aromatic heterocycles. The lowest BCUT2D eigenvalue weighted by Gasteiger charge is -2.11. The van der Waals surface area contributed by atoms with Crippen LogP contribution in [0.2, 0.25) is 11.6 Å². The Kier molecular flexibility index (Phi) is 2.92. The minimum Gasteiger partial charge on any atom is -0.391 e. The van der Waals surface area contributed by atoms with E-state index in [1.54, 1.807) is 0 Å². The van der Waals surface area contributed by atoms with E-state index in [9.17, 15) is 0 Å². The Hall–Kier alpha value is 0.0899. The molecule has 1 fully saturated rings. The normalized spacial score (nSPS) is 18.8. The van der Waals surface area contributed by atoms with Crippen LogP contribution in [-0.4, -0.2) is 24.2 Å². The fraction of sp³-hybridized carbons (Fsp3) is 1.00. The SMILES string of the molecule is CC(C)B1B(C(C)C)N1C(C)C. The molecule has 0 atom stereocenters. The molecule has 0 aromatic rings. The van der Waals surface area contributed by atoms with Crippen LogP contribution in [0.3, 0.4) is 0 Å². The van der Waals surface area contributed by atoms with Crippen LogP contribution in [0.4, 0.5) is 0 Å². The summed E-state index contributed by atoms with van der Waals surface area (Å²) in [5.41, 5.74) is 0. The molecule has 3 heteroatoms. The summed E-state index contributed by atoms with van der Waals surface area (Å²) < 4.78 is 2.65. The third kappa shape index (κ3) is 1.71. The van der Waals surface area contributed by atoms with E-state index in [1.165, 1.54) is 0 Å². The van der Waals surface area contributed by atoms with Gasteiger partial charge in [0.05, 0.1) is 0 Å². The van der Waals surface area contributed by atoms with Gasteiger partial charge in [0.2, 0.25) is 0 Å². The lowest BCUT2D eigenvalue weighted by Crippen LogP contribution is -2.17. The summed E-state index contributed by atoms with van der Waals surface area (Å²) in [4.78, 5) is 0. The maximum atomic E-state index is 2.65. The smallest absolute Gasteiger partial charge is 0.198 e. The van der Waals surface area contributed by atoms with Crippen LogP contribution in [0.5, 0.6) is 0 Å². The molecule has 1 saturated heterocycles. The zero-order chi connectivity index (χ0) is 9.46. The molecule has 0 spiro atoms.